The highest BCUT2D eigenvalue weighted by Gasteiger charge is 1.99. The van der Waals surface area contributed by atoms with Crippen molar-refractivity contribution in [2.75, 3.05) is 0 Å². The number of para-hydroxylation sites is 1. The van der Waals surface area contributed by atoms with Gasteiger partial charge < -0.3 is 0 Å². The van der Waals surface area contributed by atoms with Crippen molar-refractivity contribution in [2.24, 2.45) is 5.11 Å². The van der Waals surface area contributed by atoms with Crippen LogP contribution in [-0.4, -0.2) is 4.98 Å². The van der Waals surface area contributed by atoms with Gasteiger partial charge in [0.2, 0.25) is 0 Å². The van der Waals surface area contributed by atoms with Crippen LogP contribution in [0, 0.1) is 0 Å². The molecule has 0 spiro atoms. The average molecular weight is 249 g/mol. The predicted octanol–water partition coefficient (Wildman–Crippen LogP) is 3.94. The quantitative estimate of drug-likeness (QED) is 0.429. The number of benzene rings is 1. The highest BCUT2D eigenvalue weighted by Crippen LogP contribution is 2.25. The third kappa shape index (κ3) is 1.55. The number of aromatic nitrogens is 1. The van der Waals surface area contributed by atoms with Gasteiger partial charge in [-0.1, -0.05) is 23.3 Å². The van der Waals surface area contributed by atoms with Crippen LogP contribution >= 0.6 is 15.9 Å². The second-order valence-electron chi connectivity index (χ2n) is 2.69. The van der Waals surface area contributed by atoms with Crippen LogP contribution in [0.1, 0.15) is 0 Å². The van der Waals surface area contributed by atoms with E-state index in [0.29, 0.717) is 11.2 Å². The van der Waals surface area contributed by atoms with Gasteiger partial charge in [-0.2, -0.15) is 0 Å². The number of fused-ring (bicyclic) bond motifs is 1. The van der Waals surface area contributed by atoms with Gasteiger partial charge in [-0.15, -0.1) is 0 Å². The molecular weight excluding hydrogens is 244 g/mol. The Hall–Kier alpha value is -1.58. The molecule has 0 aliphatic heterocycles. The second kappa shape index (κ2) is 3.65. The Morgan fingerprint density at radius 2 is 2.29 bits per heavy atom. The summed E-state index contributed by atoms with van der Waals surface area (Å²) in [5.41, 5.74) is 9.62. The Morgan fingerprint density at radius 1 is 1.43 bits per heavy atom. The third-order valence-corrected chi connectivity index (χ3v) is 2.24. The first kappa shape index (κ1) is 8.99. The number of nitrogens with zero attached hydrogens (tertiary/aromatic N) is 4. The molecule has 0 saturated carbocycles. The van der Waals surface area contributed by atoms with Crippen molar-refractivity contribution in [3.8, 4) is 0 Å². The smallest absolute Gasteiger partial charge is 0.0798 e. The average Bonchev–Trinajstić information content (AvgIpc) is 2.18. The van der Waals surface area contributed by atoms with E-state index in [1.807, 2.05) is 18.2 Å². The van der Waals surface area contributed by atoms with Crippen molar-refractivity contribution in [1.29, 1.82) is 0 Å². The highest BCUT2D eigenvalue weighted by molar-refractivity contribution is 9.10. The Bertz CT molecular complexity index is 531. The topological polar surface area (TPSA) is 61.7 Å². The molecule has 0 unspecified atom stereocenters. The van der Waals surface area contributed by atoms with Crippen molar-refractivity contribution < 1.29 is 0 Å². The third-order valence-electron chi connectivity index (χ3n) is 1.81. The summed E-state index contributed by atoms with van der Waals surface area (Å²) in [6, 6.07) is 7.42. The number of halogens is 1. The molecule has 2 aromatic rings. The molecule has 0 aliphatic carbocycles. The zero-order chi connectivity index (χ0) is 9.97. The van der Waals surface area contributed by atoms with Crippen molar-refractivity contribution in [3.63, 3.8) is 0 Å². The van der Waals surface area contributed by atoms with E-state index in [2.05, 4.69) is 30.9 Å². The Balaban J connectivity index is 2.81. The molecule has 0 atom stereocenters. The highest BCUT2D eigenvalue weighted by atomic mass is 79.9. The summed E-state index contributed by atoms with van der Waals surface area (Å²) in [6.45, 7) is 0. The Labute approximate surface area is 88.3 Å². The van der Waals surface area contributed by atoms with E-state index in [1.54, 1.807) is 12.3 Å². The molecule has 5 heteroatoms. The largest absolute Gasteiger partial charge is 0.255 e. The van der Waals surface area contributed by atoms with E-state index in [4.69, 9.17) is 5.53 Å². The van der Waals surface area contributed by atoms with Crippen LogP contribution in [0.25, 0.3) is 21.3 Å². The SMILES string of the molecule is [N-]=[N+]=Nc1cccc2cc(Br)cnc12. The zero-order valence-corrected chi connectivity index (χ0v) is 8.64. The molecule has 0 amide bonds. The molecule has 0 aliphatic rings. The van der Waals surface area contributed by atoms with E-state index < -0.39 is 0 Å². The summed E-state index contributed by atoms with van der Waals surface area (Å²) in [5, 5.41) is 4.52. The number of azide groups is 1. The van der Waals surface area contributed by atoms with Crippen LogP contribution in [0.5, 0.6) is 0 Å². The molecule has 0 radical (unpaired) electrons. The molecule has 1 heterocycles. The van der Waals surface area contributed by atoms with Gasteiger partial charge in [0.05, 0.1) is 11.2 Å². The van der Waals surface area contributed by atoms with Gasteiger partial charge in [-0.3, -0.25) is 4.98 Å². The molecule has 1 aromatic carbocycles. The number of pyridine rings is 1. The minimum atomic E-state index is 0.553. The van der Waals surface area contributed by atoms with Crippen LogP contribution in [0.2, 0.25) is 0 Å². The van der Waals surface area contributed by atoms with Crippen LogP contribution in [-0.2, 0) is 0 Å². The van der Waals surface area contributed by atoms with Gasteiger partial charge in [0.1, 0.15) is 0 Å². The van der Waals surface area contributed by atoms with Crippen LogP contribution in [0.4, 0.5) is 5.69 Å². The van der Waals surface area contributed by atoms with E-state index in [9.17, 15) is 0 Å². The fraction of sp³-hybridized carbons (Fsp3) is 0. The fourth-order valence-electron chi connectivity index (χ4n) is 1.25. The number of hydrogen-bond acceptors (Lipinski definition) is 2. The molecule has 4 nitrogen and oxygen atoms in total. The lowest BCUT2D eigenvalue weighted by Gasteiger charge is -1.99. The lowest BCUT2D eigenvalue weighted by Crippen LogP contribution is -1.78. The molecular formula is C9H5BrN4. The summed E-state index contributed by atoms with van der Waals surface area (Å²) in [7, 11) is 0. The summed E-state index contributed by atoms with van der Waals surface area (Å²) in [6.07, 6.45) is 1.68. The molecule has 0 bridgehead atoms. The molecule has 0 N–H and O–H groups in total. The van der Waals surface area contributed by atoms with E-state index in [0.717, 1.165) is 9.86 Å². The molecule has 14 heavy (non-hydrogen) atoms. The lowest BCUT2D eigenvalue weighted by molar-refractivity contribution is 1.37. The molecule has 68 valence electrons. The van der Waals surface area contributed by atoms with Gasteiger partial charge in [-0.25, -0.2) is 0 Å². The fourth-order valence-corrected chi connectivity index (χ4v) is 1.60. The van der Waals surface area contributed by atoms with Crippen LogP contribution in [0.3, 0.4) is 0 Å². The Morgan fingerprint density at radius 3 is 3.07 bits per heavy atom. The number of hydrogen-bond donors (Lipinski definition) is 0. The maximum Gasteiger partial charge on any atom is 0.0798 e. The summed E-state index contributed by atoms with van der Waals surface area (Å²) in [5.74, 6) is 0. The maximum absolute atomic E-state index is 8.36. The first-order valence-electron chi connectivity index (χ1n) is 3.90. The van der Waals surface area contributed by atoms with E-state index in [1.165, 1.54) is 0 Å². The van der Waals surface area contributed by atoms with Crippen LogP contribution < -0.4 is 0 Å². The zero-order valence-electron chi connectivity index (χ0n) is 7.05. The molecule has 0 fully saturated rings. The number of rotatable bonds is 1. The summed E-state index contributed by atoms with van der Waals surface area (Å²) < 4.78 is 0.906. The van der Waals surface area contributed by atoms with Gasteiger partial charge in [0.15, 0.2) is 0 Å². The summed E-state index contributed by atoms with van der Waals surface area (Å²) in [4.78, 5) is 6.94. The van der Waals surface area contributed by atoms with E-state index in [-0.39, 0.29) is 0 Å². The minimum absolute atomic E-state index is 0.553. The first-order chi connectivity index (χ1) is 6.81. The molecule has 1 aromatic heterocycles. The van der Waals surface area contributed by atoms with E-state index >= 15 is 0 Å². The van der Waals surface area contributed by atoms with Crippen molar-refractivity contribution >= 4 is 32.5 Å². The predicted molar refractivity (Wildman–Crippen MR) is 58.2 cm³/mol. The minimum Gasteiger partial charge on any atom is -0.255 e. The second-order valence-corrected chi connectivity index (χ2v) is 3.61. The van der Waals surface area contributed by atoms with Gasteiger partial charge in [0, 0.05) is 21.0 Å². The van der Waals surface area contributed by atoms with Gasteiger partial charge in [-0.05, 0) is 27.5 Å². The molecule has 2 rings (SSSR count). The van der Waals surface area contributed by atoms with Crippen molar-refractivity contribution in [1.82, 2.24) is 4.98 Å². The lowest BCUT2D eigenvalue weighted by atomic mass is 10.2. The standard InChI is InChI=1S/C9H5BrN4/c10-7-4-6-2-1-3-8(13-14-11)9(6)12-5-7/h1-5H. The van der Waals surface area contributed by atoms with Crippen molar-refractivity contribution in [3.05, 3.63) is 45.4 Å². The Kier molecular flexibility index (Phi) is 2.35. The normalized spacial score (nSPS) is 9.79. The first-order valence-corrected chi connectivity index (χ1v) is 4.70. The monoisotopic (exact) mass is 248 g/mol. The van der Waals surface area contributed by atoms with Gasteiger partial charge in [0.25, 0.3) is 0 Å². The molecule has 0 saturated heterocycles. The van der Waals surface area contributed by atoms with Crippen LogP contribution in [0.15, 0.2) is 40.0 Å². The maximum atomic E-state index is 8.36. The van der Waals surface area contributed by atoms with Gasteiger partial charge >= 0.3 is 0 Å². The summed E-state index contributed by atoms with van der Waals surface area (Å²) >= 11 is 3.33. The van der Waals surface area contributed by atoms with Crippen molar-refractivity contribution in [2.45, 2.75) is 0 Å².